The first-order valence-corrected chi connectivity index (χ1v) is 9.45. The maximum Gasteiger partial charge on any atom is 0.311 e. The molecule has 4 rings (SSSR count). The van der Waals surface area contributed by atoms with Crippen LogP contribution in [0.25, 0.3) is 16.8 Å². The highest BCUT2D eigenvalue weighted by atomic mass is 32.2. The molecule has 0 unspecified atom stereocenters. The minimum Gasteiger partial charge on any atom is -0.502 e. The minimum atomic E-state index is -0.709. The molecule has 7 nitrogen and oxygen atoms in total. The van der Waals surface area contributed by atoms with Gasteiger partial charge >= 0.3 is 5.69 Å². The van der Waals surface area contributed by atoms with Crippen molar-refractivity contribution in [3.05, 3.63) is 86.8 Å². The number of nitrogens with zero attached hydrogens (tertiary/aromatic N) is 2. The number of fused-ring (bicyclic) bond motifs is 1. The first kappa shape index (κ1) is 18.7. The molecule has 0 spiro atoms. The fourth-order valence-corrected chi connectivity index (χ4v) is 4.00. The highest BCUT2D eigenvalue weighted by molar-refractivity contribution is 8.18. The molecule has 3 aromatic rings. The van der Waals surface area contributed by atoms with Crippen LogP contribution in [0.1, 0.15) is 11.1 Å². The zero-order valence-electron chi connectivity index (χ0n) is 14.9. The van der Waals surface area contributed by atoms with Crippen LogP contribution in [0.15, 0.2) is 65.6 Å². The molecular weight excluding hydrogens is 392 g/mol. The van der Waals surface area contributed by atoms with Gasteiger partial charge in [-0.05, 0) is 45.8 Å². The lowest BCUT2D eigenvalue weighted by Gasteiger charge is -2.14. The lowest BCUT2D eigenvalue weighted by atomic mass is 10.0. The van der Waals surface area contributed by atoms with Crippen molar-refractivity contribution >= 4 is 45.4 Å². The summed E-state index contributed by atoms with van der Waals surface area (Å²) in [7, 11) is 0. The molecule has 2 amide bonds. The van der Waals surface area contributed by atoms with Gasteiger partial charge in [-0.3, -0.25) is 24.6 Å². The average Bonchev–Trinajstić information content (AvgIpc) is 2.97. The van der Waals surface area contributed by atoms with Crippen LogP contribution in [0.5, 0.6) is 5.75 Å². The van der Waals surface area contributed by atoms with Crippen LogP contribution in [-0.2, 0) is 11.3 Å². The van der Waals surface area contributed by atoms with Crippen molar-refractivity contribution in [3.63, 3.8) is 0 Å². The number of amides is 2. The molecule has 29 heavy (non-hydrogen) atoms. The average molecular weight is 406 g/mol. The van der Waals surface area contributed by atoms with Gasteiger partial charge in [-0.15, -0.1) is 0 Å². The smallest absolute Gasteiger partial charge is 0.311 e. The van der Waals surface area contributed by atoms with Gasteiger partial charge in [0.05, 0.1) is 16.4 Å². The maximum atomic E-state index is 12.8. The molecule has 0 atom stereocenters. The zero-order chi connectivity index (χ0) is 20.5. The van der Waals surface area contributed by atoms with Crippen molar-refractivity contribution in [2.24, 2.45) is 0 Å². The number of nitro groups is 1. The number of hydrogen-bond acceptors (Lipinski definition) is 6. The number of phenols is 1. The molecule has 1 saturated heterocycles. The maximum absolute atomic E-state index is 12.8. The Kier molecular flexibility index (Phi) is 4.77. The third-order valence-corrected chi connectivity index (χ3v) is 5.48. The largest absolute Gasteiger partial charge is 0.502 e. The van der Waals surface area contributed by atoms with Gasteiger partial charge in [0.25, 0.3) is 11.1 Å². The number of benzene rings is 3. The second kappa shape index (κ2) is 7.40. The van der Waals surface area contributed by atoms with Gasteiger partial charge in [0.1, 0.15) is 0 Å². The van der Waals surface area contributed by atoms with Gasteiger partial charge in [-0.1, -0.05) is 48.5 Å². The molecule has 144 valence electrons. The van der Waals surface area contributed by atoms with E-state index in [9.17, 15) is 24.8 Å². The van der Waals surface area contributed by atoms with Crippen LogP contribution in [0.2, 0.25) is 0 Å². The van der Waals surface area contributed by atoms with Crippen molar-refractivity contribution in [1.82, 2.24) is 4.90 Å². The number of rotatable bonds is 4. The van der Waals surface area contributed by atoms with Crippen molar-refractivity contribution in [2.45, 2.75) is 6.54 Å². The van der Waals surface area contributed by atoms with Gasteiger partial charge in [0.15, 0.2) is 5.75 Å². The third kappa shape index (κ3) is 3.57. The van der Waals surface area contributed by atoms with E-state index in [1.54, 1.807) is 0 Å². The zero-order valence-corrected chi connectivity index (χ0v) is 15.8. The monoisotopic (exact) mass is 406 g/mol. The van der Waals surface area contributed by atoms with E-state index < -0.39 is 27.5 Å². The Hall–Kier alpha value is -3.65. The number of thioether (sulfide) groups is 1. The van der Waals surface area contributed by atoms with Gasteiger partial charge < -0.3 is 5.11 Å². The van der Waals surface area contributed by atoms with Crippen LogP contribution in [-0.4, -0.2) is 26.1 Å². The fraction of sp³-hybridized carbons (Fsp3) is 0.0476. The Morgan fingerprint density at radius 2 is 1.83 bits per heavy atom. The van der Waals surface area contributed by atoms with E-state index in [0.717, 1.165) is 39.1 Å². The summed E-state index contributed by atoms with van der Waals surface area (Å²) in [6.07, 6.45) is 1.42. The molecule has 0 saturated carbocycles. The Morgan fingerprint density at radius 3 is 2.62 bits per heavy atom. The second-order valence-corrected chi connectivity index (χ2v) is 7.40. The van der Waals surface area contributed by atoms with E-state index in [-0.39, 0.29) is 11.4 Å². The van der Waals surface area contributed by atoms with Crippen LogP contribution in [0.3, 0.4) is 0 Å². The lowest BCUT2D eigenvalue weighted by molar-refractivity contribution is -0.385. The Morgan fingerprint density at radius 1 is 1.07 bits per heavy atom. The molecule has 1 fully saturated rings. The summed E-state index contributed by atoms with van der Waals surface area (Å²) in [5, 5.41) is 22.1. The van der Waals surface area contributed by atoms with Crippen molar-refractivity contribution in [3.8, 4) is 5.75 Å². The molecule has 3 aromatic carbocycles. The quantitative estimate of drug-likeness (QED) is 0.383. The summed E-state index contributed by atoms with van der Waals surface area (Å²) in [5.41, 5.74) is 0.741. The first-order chi connectivity index (χ1) is 13.9. The van der Waals surface area contributed by atoms with Crippen molar-refractivity contribution in [1.29, 1.82) is 0 Å². The summed E-state index contributed by atoms with van der Waals surface area (Å²) in [5.74, 6) is -0.917. The molecule has 0 radical (unpaired) electrons. The topological polar surface area (TPSA) is 101 Å². The molecule has 1 heterocycles. The van der Waals surface area contributed by atoms with Gasteiger partial charge in [0.2, 0.25) is 0 Å². The summed E-state index contributed by atoms with van der Waals surface area (Å²) < 4.78 is 0. The number of nitro benzene ring substituents is 1. The van der Waals surface area contributed by atoms with Crippen LogP contribution in [0.4, 0.5) is 10.5 Å². The Bertz CT molecular complexity index is 1200. The molecular formula is C21H14N2O5S. The lowest BCUT2D eigenvalue weighted by Crippen LogP contribution is -2.27. The van der Waals surface area contributed by atoms with Crippen molar-refractivity contribution in [2.75, 3.05) is 0 Å². The van der Waals surface area contributed by atoms with E-state index in [0.29, 0.717) is 5.56 Å². The Labute approximate surface area is 169 Å². The van der Waals surface area contributed by atoms with Crippen LogP contribution >= 0.6 is 11.8 Å². The number of carbonyl (C=O) groups excluding carboxylic acids is 2. The van der Waals surface area contributed by atoms with Crippen molar-refractivity contribution < 1.29 is 19.6 Å². The van der Waals surface area contributed by atoms with Crippen LogP contribution in [0, 0.1) is 10.1 Å². The molecule has 0 aliphatic carbocycles. The highest BCUT2D eigenvalue weighted by Gasteiger charge is 2.35. The predicted molar refractivity (Wildman–Crippen MR) is 110 cm³/mol. The number of aromatic hydroxyl groups is 1. The van der Waals surface area contributed by atoms with E-state index in [4.69, 9.17) is 0 Å². The summed E-state index contributed by atoms with van der Waals surface area (Å²) in [4.78, 5) is 36.8. The summed E-state index contributed by atoms with van der Waals surface area (Å²) in [6.45, 7) is 0.138. The molecule has 1 aliphatic rings. The number of carbonyl (C=O) groups is 2. The second-order valence-electron chi connectivity index (χ2n) is 6.41. The molecule has 1 aliphatic heterocycles. The number of imide groups is 1. The number of phenolic OH excluding ortho intramolecular Hbond substituents is 1. The minimum absolute atomic E-state index is 0.138. The summed E-state index contributed by atoms with van der Waals surface area (Å²) in [6, 6.07) is 17.2. The SMILES string of the molecule is O=C1S/C(=C\c2ccc(O)c([N+](=O)[O-])c2)C(=O)N1Cc1cccc2ccccc12. The fourth-order valence-electron chi connectivity index (χ4n) is 3.16. The molecule has 0 bridgehead atoms. The van der Waals surface area contributed by atoms with E-state index in [1.807, 2.05) is 42.5 Å². The van der Waals surface area contributed by atoms with Crippen LogP contribution < -0.4 is 0 Å². The highest BCUT2D eigenvalue weighted by Crippen LogP contribution is 2.35. The van der Waals surface area contributed by atoms with E-state index >= 15 is 0 Å². The molecule has 0 aromatic heterocycles. The van der Waals surface area contributed by atoms with Gasteiger partial charge in [-0.2, -0.15) is 0 Å². The molecule has 8 heteroatoms. The third-order valence-electron chi connectivity index (χ3n) is 4.58. The Balaban J connectivity index is 1.63. The van der Waals surface area contributed by atoms with E-state index in [2.05, 4.69) is 0 Å². The van der Waals surface area contributed by atoms with Gasteiger partial charge in [0, 0.05) is 6.07 Å². The summed E-state index contributed by atoms with van der Waals surface area (Å²) >= 11 is 0.786. The molecule has 1 N–H and O–H groups in total. The first-order valence-electron chi connectivity index (χ1n) is 8.63. The number of hydrogen-bond donors (Lipinski definition) is 1. The van der Waals surface area contributed by atoms with E-state index in [1.165, 1.54) is 18.2 Å². The van der Waals surface area contributed by atoms with Gasteiger partial charge in [-0.25, -0.2) is 0 Å². The predicted octanol–water partition coefficient (Wildman–Crippen LogP) is 4.69. The standard InChI is InChI=1S/C21H14N2O5S/c24-18-9-8-13(10-17(18)23(27)28)11-19-20(25)22(21(26)29-19)12-15-6-3-5-14-4-1-2-7-16(14)15/h1-11,24H,12H2/b19-11-. The normalized spacial score (nSPS) is 15.4.